The fraction of sp³-hybridized carbons (Fsp3) is 0.263. The topological polar surface area (TPSA) is 27.8 Å². The molecule has 23 heavy (non-hydrogen) atoms. The molecule has 0 saturated carbocycles. The van der Waals surface area contributed by atoms with Gasteiger partial charge in [0.25, 0.3) is 0 Å². The highest BCUT2D eigenvalue weighted by Crippen LogP contribution is 2.39. The highest BCUT2D eigenvalue weighted by Gasteiger charge is 2.28. The Labute approximate surface area is 145 Å². The standard InChI is InChI=1S/C19H18Cl2N2/c1-10-8-11(2)17-13(9-10)12-6-7-22-19(18(12)23-17)16-14(20)4-3-5-15(16)21/h3-5,8-9,19,22-23H,6-7H2,1-2H3. The van der Waals surface area contributed by atoms with Crippen molar-refractivity contribution in [2.75, 3.05) is 6.54 Å². The van der Waals surface area contributed by atoms with E-state index in [-0.39, 0.29) is 6.04 Å². The number of benzene rings is 2. The zero-order valence-corrected chi connectivity index (χ0v) is 14.6. The Bertz CT molecular complexity index is 891. The third-order valence-electron chi connectivity index (χ3n) is 4.69. The van der Waals surface area contributed by atoms with Crippen LogP contribution < -0.4 is 5.32 Å². The lowest BCUT2D eigenvalue weighted by molar-refractivity contribution is 0.560. The van der Waals surface area contributed by atoms with Gasteiger partial charge in [-0.05, 0) is 49.6 Å². The molecular weight excluding hydrogens is 327 g/mol. The summed E-state index contributed by atoms with van der Waals surface area (Å²) in [6, 6.07) is 10.2. The van der Waals surface area contributed by atoms with Crippen molar-refractivity contribution >= 4 is 34.1 Å². The summed E-state index contributed by atoms with van der Waals surface area (Å²) in [4.78, 5) is 3.63. The third kappa shape index (κ3) is 2.37. The fourth-order valence-electron chi connectivity index (χ4n) is 3.72. The average Bonchev–Trinajstić information content (AvgIpc) is 2.87. The van der Waals surface area contributed by atoms with Gasteiger partial charge >= 0.3 is 0 Å². The van der Waals surface area contributed by atoms with Crippen LogP contribution in [0.2, 0.25) is 10.0 Å². The molecule has 4 heteroatoms. The second-order valence-electron chi connectivity index (χ2n) is 6.29. The second-order valence-corrected chi connectivity index (χ2v) is 7.11. The molecule has 2 aromatic carbocycles. The molecule has 2 nitrogen and oxygen atoms in total. The third-order valence-corrected chi connectivity index (χ3v) is 5.35. The minimum atomic E-state index is 0.00653. The van der Waals surface area contributed by atoms with Gasteiger partial charge in [-0.25, -0.2) is 0 Å². The number of nitrogens with one attached hydrogen (secondary N) is 2. The van der Waals surface area contributed by atoms with Crippen molar-refractivity contribution in [2.24, 2.45) is 0 Å². The Morgan fingerprint density at radius 1 is 1.09 bits per heavy atom. The molecule has 0 radical (unpaired) electrons. The van der Waals surface area contributed by atoms with E-state index in [4.69, 9.17) is 23.2 Å². The quantitative estimate of drug-likeness (QED) is 0.613. The van der Waals surface area contributed by atoms with Crippen LogP contribution in [-0.2, 0) is 6.42 Å². The lowest BCUT2D eigenvalue weighted by Crippen LogP contribution is -2.30. The Hall–Kier alpha value is -1.48. The van der Waals surface area contributed by atoms with Crippen molar-refractivity contribution in [1.82, 2.24) is 10.3 Å². The van der Waals surface area contributed by atoms with E-state index in [1.54, 1.807) is 0 Å². The highest BCUT2D eigenvalue weighted by molar-refractivity contribution is 6.36. The van der Waals surface area contributed by atoms with Crippen LogP contribution in [0.25, 0.3) is 10.9 Å². The molecule has 0 saturated heterocycles. The van der Waals surface area contributed by atoms with Gasteiger partial charge in [-0.15, -0.1) is 0 Å². The number of halogens is 2. The number of rotatable bonds is 1. The van der Waals surface area contributed by atoms with E-state index in [1.807, 2.05) is 18.2 Å². The van der Waals surface area contributed by atoms with Crippen molar-refractivity contribution in [1.29, 1.82) is 0 Å². The molecule has 1 unspecified atom stereocenters. The van der Waals surface area contributed by atoms with Gasteiger partial charge in [-0.1, -0.05) is 40.9 Å². The molecule has 3 aromatic rings. The number of H-pyrrole nitrogens is 1. The van der Waals surface area contributed by atoms with Crippen molar-refractivity contribution in [3.05, 3.63) is 68.3 Å². The Morgan fingerprint density at radius 2 is 1.83 bits per heavy atom. The molecule has 0 fully saturated rings. The lowest BCUT2D eigenvalue weighted by Gasteiger charge is -2.26. The van der Waals surface area contributed by atoms with Gasteiger partial charge in [0.1, 0.15) is 0 Å². The predicted molar refractivity (Wildman–Crippen MR) is 97.8 cm³/mol. The van der Waals surface area contributed by atoms with Crippen LogP contribution in [0.1, 0.15) is 34.0 Å². The Kier molecular flexibility index (Phi) is 3.64. The van der Waals surface area contributed by atoms with E-state index < -0.39 is 0 Å². The molecule has 2 N–H and O–H groups in total. The van der Waals surface area contributed by atoms with E-state index in [2.05, 4.69) is 36.3 Å². The second kappa shape index (κ2) is 5.55. The summed E-state index contributed by atoms with van der Waals surface area (Å²) < 4.78 is 0. The monoisotopic (exact) mass is 344 g/mol. The number of hydrogen-bond donors (Lipinski definition) is 2. The molecule has 0 aliphatic carbocycles. The summed E-state index contributed by atoms with van der Waals surface area (Å²) in [5.74, 6) is 0. The number of aromatic amines is 1. The van der Waals surface area contributed by atoms with Crippen LogP contribution in [0.15, 0.2) is 30.3 Å². The first-order valence-electron chi connectivity index (χ1n) is 7.85. The van der Waals surface area contributed by atoms with Crippen LogP contribution in [0.3, 0.4) is 0 Å². The summed E-state index contributed by atoms with van der Waals surface area (Å²) in [6.07, 6.45) is 1.01. The normalized spacial score (nSPS) is 17.5. The first kappa shape index (κ1) is 15.1. The van der Waals surface area contributed by atoms with Crippen LogP contribution in [-0.4, -0.2) is 11.5 Å². The van der Waals surface area contributed by atoms with Crippen LogP contribution in [0, 0.1) is 13.8 Å². The number of hydrogen-bond acceptors (Lipinski definition) is 1. The first-order chi connectivity index (χ1) is 11.1. The lowest BCUT2D eigenvalue weighted by atomic mass is 9.93. The van der Waals surface area contributed by atoms with E-state index >= 15 is 0 Å². The van der Waals surface area contributed by atoms with Gasteiger partial charge < -0.3 is 10.3 Å². The summed E-state index contributed by atoms with van der Waals surface area (Å²) >= 11 is 12.9. The molecule has 1 atom stereocenters. The van der Waals surface area contributed by atoms with E-state index in [0.717, 1.165) is 18.5 Å². The van der Waals surface area contributed by atoms with Crippen LogP contribution in [0.4, 0.5) is 0 Å². The molecular formula is C19H18Cl2N2. The zero-order valence-electron chi connectivity index (χ0n) is 13.1. The van der Waals surface area contributed by atoms with Crippen molar-refractivity contribution in [3.8, 4) is 0 Å². The highest BCUT2D eigenvalue weighted by atomic mass is 35.5. The van der Waals surface area contributed by atoms with E-state index in [9.17, 15) is 0 Å². The van der Waals surface area contributed by atoms with Crippen molar-refractivity contribution in [3.63, 3.8) is 0 Å². The maximum absolute atomic E-state index is 6.45. The summed E-state index contributed by atoms with van der Waals surface area (Å²) in [5, 5.41) is 6.30. The summed E-state index contributed by atoms with van der Waals surface area (Å²) in [7, 11) is 0. The van der Waals surface area contributed by atoms with Gasteiger partial charge in [0.05, 0.1) is 6.04 Å². The fourth-order valence-corrected chi connectivity index (χ4v) is 4.33. The van der Waals surface area contributed by atoms with E-state index in [1.165, 1.54) is 33.3 Å². The first-order valence-corrected chi connectivity index (χ1v) is 8.61. The molecule has 1 aromatic heterocycles. The van der Waals surface area contributed by atoms with Crippen LogP contribution >= 0.6 is 23.2 Å². The molecule has 0 spiro atoms. The Balaban J connectivity index is 1.97. The van der Waals surface area contributed by atoms with Gasteiger partial charge in [-0.2, -0.15) is 0 Å². The largest absolute Gasteiger partial charge is 0.356 e. The molecule has 2 heterocycles. The molecule has 1 aliphatic heterocycles. The minimum Gasteiger partial charge on any atom is -0.356 e. The van der Waals surface area contributed by atoms with E-state index in [0.29, 0.717) is 10.0 Å². The molecule has 0 amide bonds. The number of aromatic nitrogens is 1. The van der Waals surface area contributed by atoms with Crippen molar-refractivity contribution < 1.29 is 0 Å². The number of fused-ring (bicyclic) bond motifs is 3. The maximum Gasteiger partial charge on any atom is 0.0761 e. The number of aryl methyl sites for hydroxylation is 2. The van der Waals surface area contributed by atoms with Crippen LogP contribution in [0.5, 0.6) is 0 Å². The summed E-state index contributed by atoms with van der Waals surface area (Å²) in [5.41, 5.74) is 7.32. The average molecular weight is 345 g/mol. The predicted octanol–water partition coefficient (Wildman–Crippen LogP) is 5.33. The van der Waals surface area contributed by atoms with Gasteiger partial charge in [-0.3, -0.25) is 0 Å². The molecule has 1 aliphatic rings. The van der Waals surface area contributed by atoms with Gasteiger partial charge in [0.15, 0.2) is 0 Å². The minimum absolute atomic E-state index is 0.00653. The summed E-state index contributed by atoms with van der Waals surface area (Å²) in [6.45, 7) is 5.22. The molecule has 4 rings (SSSR count). The Morgan fingerprint density at radius 3 is 2.57 bits per heavy atom. The molecule has 118 valence electrons. The van der Waals surface area contributed by atoms with Crippen molar-refractivity contribution in [2.45, 2.75) is 26.3 Å². The maximum atomic E-state index is 6.45. The molecule has 0 bridgehead atoms. The SMILES string of the molecule is Cc1cc(C)c2[nH]c3c(c2c1)CCNC3c1c(Cl)cccc1Cl. The van der Waals surface area contributed by atoms with Gasteiger partial charge in [0.2, 0.25) is 0 Å². The zero-order chi connectivity index (χ0) is 16.1. The van der Waals surface area contributed by atoms with Gasteiger partial charge in [0, 0.05) is 38.8 Å². The smallest absolute Gasteiger partial charge is 0.0761 e.